The highest BCUT2D eigenvalue weighted by Gasteiger charge is 2.08. The van der Waals surface area contributed by atoms with Crippen molar-refractivity contribution in [2.45, 2.75) is 32.1 Å². The van der Waals surface area contributed by atoms with Crippen molar-refractivity contribution in [3.8, 4) is 0 Å². The Balaban J connectivity index is 2.34. The minimum atomic E-state index is -0.445. The zero-order valence-electron chi connectivity index (χ0n) is 11.2. The molecule has 0 aliphatic carbocycles. The molecular weight excluding hydrogens is 316 g/mol. The number of unbranched alkanes of at least 4 members (excludes halogenated alkanes) is 2. The van der Waals surface area contributed by atoms with Crippen LogP contribution in [0.3, 0.4) is 0 Å². The second kappa shape index (κ2) is 7.58. The number of amides is 1. The molecule has 0 aliphatic rings. The Kier molecular flexibility index (Phi) is 6.42. The van der Waals surface area contributed by atoms with Crippen LogP contribution in [0.5, 0.6) is 0 Å². The molecule has 0 fully saturated rings. The number of hydrogen-bond donors (Lipinski definition) is 0. The van der Waals surface area contributed by atoms with Crippen LogP contribution in [0.4, 0.5) is 8.78 Å². The largest absolute Gasteiger partial charge is 0.349 e. The molecule has 0 aliphatic heterocycles. The minimum absolute atomic E-state index is 0.0980. The third kappa shape index (κ3) is 5.27. The molecule has 0 heterocycles. The molecule has 2 nitrogen and oxygen atoms in total. The van der Waals surface area contributed by atoms with Crippen LogP contribution in [0, 0.1) is 11.6 Å². The third-order valence-corrected chi connectivity index (χ3v) is 3.53. The van der Waals surface area contributed by atoms with Gasteiger partial charge in [0.05, 0.1) is 4.47 Å². The van der Waals surface area contributed by atoms with Crippen molar-refractivity contribution in [3.63, 3.8) is 0 Å². The van der Waals surface area contributed by atoms with Crippen molar-refractivity contribution in [1.82, 2.24) is 4.90 Å². The molecule has 0 unspecified atom stereocenters. The van der Waals surface area contributed by atoms with Gasteiger partial charge in [0.25, 0.3) is 0 Å². The predicted molar refractivity (Wildman–Crippen MR) is 74.9 cm³/mol. The Bertz CT molecular complexity index is 449. The lowest BCUT2D eigenvalue weighted by molar-refractivity contribution is -0.128. The fraction of sp³-hybridized carbons (Fsp3) is 0.500. The summed E-state index contributed by atoms with van der Waals surface area (Å²) in [6, 6.07) is 2.38. The van der Waals surface area contributed by atoms with Gasteiger partial charge in [-0.25, -0.2) is 8.78 Å². The molecule has 0 bridgehead atoms. The number of hydrogen-bond acceptors (Lipinski definition) is 1. The maximum atomic E-state index is 13.5. The summed E-state index contributed by atoms with van der Waals surface area (Å²) in [4.78, 5) is 12.9. The fourth-order valence-corrected chi connectivity index (χ4v) is 2.06. The Labute approximate surface area is 120 Å². The first kappa shape index (κ1) is 16.1. The van der Waals surface area contributed by atoms with Crippen molar-refractivity contribution in [2.24, 2.45) is 0 Å². The first-order chi connectivity index (χ1) is 8.91. The van der Waals surface area contributed by atoms with Gasteiger partial charge < -0.3 is 4.90 Å². The molecule has 1 rings (SSSR count). The normalized spacial score (nSPS) is 10.6. The number of benzene rings is 1. The Morgan fingerprint density at radius 3 is 2.47 bits per heavy atom. The van der Waals surface area contributed by atoms with E-state index in [4.69, 9.17) is 0 Å². The van der Waals surface area contributed by atoms with Crippen LogP contribution in [0.1, 0.15) is 31.2 Å². The summed E-state index contributed by atoms with van der Waals surface area (Å²) in [7, 11) is 3.45. The maximum absolute atomic E-state index is 13.5. The standard InChI is InChI=1S/C14H18BrF2NO/c1-18(2)14(19)7-5-3-4-6-10-8-13(17)11(15)9-12(10)16/h8-9H,3-7H2,1-2H3. The molecule has 0 aromatic heterocycles. The number of carbonyl (C=O) groups is 1. The SMILES string of the molecule is CN(C)C(=O)CCCCCc1cc(F)c(Br)cc1F. The van der Waals surface area contributed by atoms with Crippen LogP contribution in [0.2, 0.25) is 0 Å². The number of rotatable bonds is 6. The monoisotopic (exact) mass is 333 g/mol. The van der Waals surface area contributed by atoms with E-state index in [1.165, 1.54) is 6.07 Å². The molecular formula is C14H18BrF2NO. The van der Waals surface area contributed by atoms with Crippen molar-refractivity contribution in [3.05, 3.63) is 33.8 Å². The average Bonchev–Trinajstić information content (AvgIpc) is 2.34. The van der Waals surface area contributed by atoms with Crippen LogP contribution in [-0.2, 0) is 11.2 Å². The molecule has 5 heteroatoms. The van der Waals surface area contributed by atoms with E-state index in [0.29, 0.717) is 18.4 Å². The van der Waals surface area contributed by atoms with Crippen LogP contribution in [-0.4, -0.2) is 24.9 Å². The predicted octanol–water partition coefficient (Wildman–Crippen LogP) is 3.92. The molecule has 0 saturated heterocycles. The van der Waals surface area contributed by atoms with Crippen molar-refractivity contribution < 1.29 is 13.6 Å². The molecule has 0 atom stereocenters. The summed E-state index contributed by atoms with van der Waals surface area (Å²) in [5.41, 5.74) is 0.389. The van der Waals surface area contributed by atoms with Crippen molar-refractivity contribution in [1.29, 1.82) is 0 Å². The quantitative estimate of drug-likeness (QED) is 0.570. The van der Waals surface area contributed by atoms with Crippen molar-refractivity contribution in [2.75, 3.05) is 14.1 Å². The maximum Gasteiger partial charge on any atom is 0.222 e. The van der Waals surface area contributed by atoms with Gasteiger partial charge in [-0.3, -0.25) is 4.79 Å². The van der Waals surface area contributed by atoms with Gasteiger partial charge in [-0.15, -0.1) is 0 Å². The average molecular weight is 334 g/mol. The van der Waals surface area contributed by atoms with Crippen LogP contribution in [0.25, 0.3) is 0 Å². The van der Waals surface area contributed by atoms with Gasteiger partial charge in [0.1, 0.15) is 11.6 Å². The topological polar surface area (TPSA) is 20.3 Å². The highest BCUT2D eigenvalue weighted by atomic mass is 79.9. The highest BCUT2D eigenvalue weighted by Crippen LogP contribution is 2.21. The summed E-state index contributed by atoms with van der Waals surface area (Å²) >= 11 is 2.95. The van der Waals surface area contributed by atoms with E-state index >= 15 is 0 Å². The molecule has 0 N–H and O–H groups in total. The Morgan fingerprint density at radius 1 is 1.16 bits per heavy atom. The second-order valence-corrected chi connectivity index (χ2v) is 5.56. The lowest BCUT2D eigenvalue weighted by Gasteiger charge is -2.09. The molecule has 0 spiro atoms. The molecule has 1 amide bonds. The lowest BCUT2D eigenvalue weighted by atomic mass is 10.1. The fourth-order valence-electron chi connectivity index (χ4n) is 1.75. The van der Waals surface area contributed by atoms with E-state index in [1.807, 2.05) is 0 Å². The number of nitrogens with zero attached hydrogens (tertiary/aromatic N) is 1. The summed E-state index contributed by atoms with van der Waals surface area (Å²) in [6.45, 7) is 0. The van der Waals surface area contributed by atoms with Gasteiger partial charge in [-0.1, -0.05) is 6.42 Å². The highest BCUT2D eigenvalue weighted by molar-refractivity contribution is 9.10. The summed E-state index contributed by atoms with van der Waals surface area (Å²) < 4.78 is 26.9. The Hall–Kier alpha value is -0.970. The van der Waals surface area contributed by atoms with Gasteiger partial charge in [-0.05, 0) is 52.9 Å². The van der Waals surface area contributed by atoms with E-state index < -0.39 is 11.6 Å². The first-order valence-electron chi connectivity index (χ1n) is 6.25. The first-order valence-corrected chi connectivity index (χ1v) is 7.04. The van der Waals surface area contributed by atoms with E-state index in [0.717, 1.165) is 25.3 Å². The zero-order chi connectivity index (χ0) is 14.4. The summed E-state index contributed by atoms with van der Waals surface area (Å²) in [5.74, 6) is -0.738. The third-order valence-electron chi connectivity index (χ3n) is 2.92. The van der Waals surface area contributed by atoms with Gasteiger partial charge in [0.15, 0.2) is 0 Å². The van der Waals surface area contributed by atoms with Gasteiger partial charge in [0.2, 0.25) is 5.91 Å². The molecule has 19 heavy (non-hydrogen) atoms. The van der Waals surface area contributed by atoms with E-state index in [1.54, 1.807) is 19.0 Å². The van der Waals surface area contributed by atoms with Crippen LogP contribution in [0.15, 0.2) is 16.6 Å². The summed E-state index contributed by atoms with van der Waals surface area (Å²) in [6.07, 6.45) is 3.35. The molecule has 106 valence electrons. The van der Waals surface area contributed by atoms with Gasteiger partial charge in [0, 0.05) is 20.5 Å². The van der Waals surface area contributed by atoms with Gasteiger partial charge in [-0.2, -0.15) is 0 Å². The summed E-state index contributed by atoms with van der Waals surface area (Å²) in [5, 5.41) is 0. The molecule has 0 saturated carbocycles. The van der Waals surface area contributed by atoms with Crippen molar-refractivity contribution >= 4 is 21.8 Å². The zero-order valence-corrected chi connectivity index (χ0v) is 12.8. The lowest BCUT2D eigenvalue weighted by Crippen LogP contribution is -2.21. The number of aryl methyl sites for hydroxylation is 1. The number of carbonyl (C=O) groups excluding carboxylic acids is 1. The van der Waals surface area contributed by atoms with Crippen LogP contribution >= 0.6 is 15.9 Å². The molecule has 1 aromatic carbocycles. The van der Waals surface area contributed by atoms with Crippen LogP contribution < -0.4 is 0 Å². The van der Waals surface area contributed by atoms with E-state index in [9.17, 15) is 13.6 Å². The smallest absolute Gasteiger partial charge is 0.222 e. The van der Waals surface area contributed by atoms with Gasteiger partial charge >= 0.3 is 0 Å². The minimum Gasteiger partial charge on any atom is -0.349 e. The van der Waals surface area contributed by atoms with E-state index in [2.05, 4.69) is 15.9 Å². The number of halogens is 3. The molecule has 0 radical (unpaired) electrons. The Morgan fingerprint density at radius 2 is 1.84 bits per heavy atom. The second-order valence-electron chi connectivity index (χ2n) is 4.71. The van der Waals surface area contributed by atoms with E-state index in [-0.39, 0.29) is 10.4 Å². The molecule has 1 aromatic rings.